The maximum Gasteiger partial charge on any atom is 0.305 e. The Morgan fingerprint density at radius 3 is 2.14 bits per heavy atom. The molecule has 0 atom stereocenters. The van der Waals surface area contributed by atoms with Crippen molar-refractivity contribution in [1.29, 1.82) is 0 Å². The molecule has 114 valence electrons. The number of hydrogen-bond acceptors (Lipinski definition) is 3. The monoisotopic (exact) mass is 292 g/mol. The predicted octanol–water partition coefficient (Wildman–Crippen LogP) is 1.33. The fraction of sp³-hybridized carbons (Fsp3) is 0.400. The number of rotatable bonds is 6. The SMILES string of the molecule is CCN(CCC(=O)O)C(=O)c1cccc(C(=O)N(C)C)c1. The number of carboxylic acids is 1. The highest BCUT2D eigenvalue weighted by Gasteiger charge is 2.17. The first-order chi connectivity index (χ1) is 9.86. The summed E-state index contributed by atoms with van der Waals surface area (Å²) >= 11 is 0. The molecule has 6 heteroatoms. The third kappa shape index (κ3) is 4.59. The molecule has 1 aromatic carbocycles. The Hall–Kier alpha value is -2.37. The molecular formula is C15H20N2O4. The van der Waals surface area contributed by atoms with Gasteiger partial charge in [0.2, 0.25) is 0 Å². The van der Waals surface area contributed by atoms with Crippen LogP contribution in [0.5, 0.6) is 0 Å². The maximum atomic E-state index is 12.3. The smallest absolute Gasteiger partial charge is 0.305 e. The average molecular weight is 292 g/mol. The van der Waals surface area contributed by atoms with Gasteiger partial charge in [0.05, 0.1) is 6.42 Å². The van der Waals surface area contributed by atoms with Crippen molar-refractivity contribution in [1.82, 2.24) is 9.80 Å². The Morgan fingerprint density at radius 2 is 1.67 bits per heavy atom. The summed E-state index contributed by atoms with van der Waals surface area (Å²) in [5, 5.41) is 8.70. The van der Waals surface area contributed by atoms with Crippen LogP contribution in [0.3, 0.4) is 0 Å². The van der Waals surface area contributed by atoms with Crippen molar-refractivity contribution in [3.05, 3.63) is 35.4 Å². The van der Waals surface area contributed by atoms with Crippen molar-refractivity contribution in [2.45, 2.75) is 13.3 Å². The van der Waals surface area contributed by atoms with E-state index in [9.17, 15) is 14.4 Å². The van der Waals surface area contributed by atoms with Crippen LogP contribution in [-0.4, -0.2) is 59.9 Å². The van der Waals surface area contributed by atoms with Crippen LogP contribution in [0.4, 0.5) is 0 Å². The van der Waals surface area contributed by atoms with Crippen LogP contribution in [0.25, 0.3) is 0 Å². The fourth-order valence-electron chi connectivity index (χ4n) is 1.86. The lowest BCUT2D eigenvalue weighted by molar-refractivity contribution is -0.137. The van der Waals surface area contributed by atoms with Gasteiger partial charge in [-0.15, -0.1) is 0 Å². The second-order valence-electron chi connectivity index (χ2n) is 4.81. The number of carbonyl (C=O) groups is 3. The quantitative estimate of drug-likeness (QED) is 0.858. The normalized spacial score (nSPS) is 10.0. The van der Waals surface area contributed by atoms with Crippen molar-refractivity contribution in [2.75, 3.05) is 27.2 Å². The van der Waals surface area contributed by atoms with Gasteiger partial charge in [-0.1, -0.05) is 6.07 Å². The molecule has 1 N–H and O–H groups in total. The van der Waals surface area contributed by atoms with Gasteiger partial charge in [0.25, 0.3) is 11.8 Å². The lowest BCUT2D eigenvalue weighted by atomic mass is 10.1. The Bertz CT molecular complexity index is 540. The van der Waals surface area contributed by atoms with E-state index in [0.29, 0.717) is 17.7 Å². The van der Waals surface area contributed by atoms with Crippen LogP contribution < -0.4 is 0 Å². The highest BCUT2D eigenvalue weighted by molar-refractivity contribution is 5.99. The summed E-state index contributed by atoms with van der Waals surface area (Å²) in [6.45, 7) is 2.35. The Morgan fingerprint density at radius 1 is 1.10 bits per heavy atom. The summed E-state index contributed by atoms with van der Waals surface area (Å²) < 4.78 is 0. The molecule has 2 amide bonds. The van der Waals surface area contributed by atoms with E-state index in [1.165, 1.54) is 15.9 Å². The van der Waals surface area contributed by atoms with E-state index in [1.54, 1.807) is 39.2 Å². The minimum atomic E-state index is -0.946. The molecule has 0 aliphatic heterocycles. The van der Waals surface area contributed by atoms with Gasteiger partial charge in [0.1, 0.15) is 0 Å². The third-order valence-electron chi connectivity index (χ3n) is 3.03. The van der Waals surface area contributed by atoms with Crippen molar-refractivity contribution in [3.8, 4) is 0 Å². The number of benzene rings is 1. The van der Waals surface area contributed by atoms with Gasteiger partial charge in [-0.3, -0.25) is 14.4 Å². The largest absolute Gasteiger partial charge is 0.481 e. The van der Waals surface area contributed by atoms with Crippen molar-refractivity contribution >= 4 is 17.8 Å². The standard InChI is InChI=1S/C15H20N2O4/c1-4-17(9-8-13(18)19)15(21)12-7-5-6-11(10-12)14(20)16(2)3/h5-7,10H,4,8-9H2,1-3H3,(H,18,19). The van der Waals surface area contributed by atoms with Crippen LogP contribution in [0.1, 0.15) is 34.1 Å². The van der Waals surface area contributed by atoms with E-state index in [1.807, 2.05) is 0 Å². The summed E-state index contributed by atoms with van der Waals surface area (Å²) in [7, 11) is 3.28. The Labute approximate surface area is 124 Å². The van der Waals surface area contributed by atoms with Gasteiger partial charge >= 0.3 is 5.97 Å². The first-order valence-electron chi connectivity index (χ1n) is 6.69. The summed E-state index contributed by atoms with van der Waals surface area (Å²) in [6, 6.07) is 6.45. The minimum absolute atomic E-state index is 0.101. The van der Waals surface area contributed by atoms with Crippen molar-refractivity contribution in [3.63, 3.8) is 0 Å². The zero-order chi connectivity index (χ0) is 16.0. The second kappa shape index (κ2) is 7.42. The first kappa shape index (κ1) is 16.7. The van der Waals surface area contributed by atoms with Crippen LogP contribution in [0, 0.1) is 0 Å². The van der Waals surface area contributed by atoms with Gasteiger partial charge in [0, 0.05) is 38.3 Å². The summed E-state index contributed by atoms with van der Waals surface area (Å²) in [5.41, 5.74) is 0.815. The van der Waals surface area contributed by atoms with Crippen LogP contribution in [0.15, 0.2) is 24.3 Å². The Kier molecular flexibility index (Phi) is 5.90. The highest BCUT2D eigenvalue weighted by atomic mass is 16.4. The summed E-state index contributed by atoms with van der Waals surface area (Å²) in [6.07, 6.45) is -0.101. The van der Waals surface area contributed by atoms with E-state index in [0.717, 1.165) is 0 Å². The van der Waals surface area contributed by atoms with Gasteiger partial charge in [-0.25, -0.2) is 0 Å². The number of carboxylic acid groups (broad SMARTS) is 1. The zero-order valence-electron chi connectivity index (χ0n) is 12.5. The van der Waals surface area contributed by atoms with Crippen molar-refractivity contribution in [2.24, 2.45) is 0 Å². The number of carbonyl (C=O) groups excluding carboxylic acids is 2. The molecule has 0 aliphatic rings. The third-order valence-corrected chi connectivity index (χ3v) is 3.03. The summed E-state index contributed by atoms with van der Waals surface area (Å²) in [5.74, 6) is -1.40. The number of amides is 2. The van der Waals surface area contributed by atoms with Gasteiger partial charge in [0.15, 0.2) is 0 Å². The van der Waals surface area contributed by atoms with E-state index in [2.05, 4.69) is 0 Å². The molecule has 0 unspecified atom stereocenters. The Balaban J connectivity index is 2.93. The number of aliphatic carboxylic acids is 1. The molecule has 1 aromatic rings. The van der Waals surface area contributed by atoms with Crippen molar-refractivity contribution < 1.29 is 19.5 Å². The van der Waals surface area contributed by atoms with Crippen LogP contribution >= 0.6 is 0 Å². The van der Waals surface area contributed by atoms with E-state index in [-0.39, 0.29) is 24.8 Å². The molecule has 0 aromatic heterocycles. The molecule has 0 saturated heterocycles. The fourth-order valence-corrected chi connectivity index (χ4v) is 1.86. The average Bonchev–Trinajstić information content (AvgIpc) is 2.46. The van der Waals surface area contributed by atoms with Gasteiger partial charge in [-0.05, 0) is 25.1 Å². The second-order valence-corrected chi connectivity index (χ2v) is 4.81. The topological polar surface area (TPSA) is 77.9 Å². The zero-order valence-corrected chi connectivity index (χ0v) is 12.5. The summed E-state index contributed by atoms with van der Waals surface area (Å²) in [4.78, 5) is 37.7. The predicted molar refractivity (Wildman–Crippen MR) is 78.3 cm³/mol. The van der Waals surface area contributed by atoms with Gasteiger partial charge < -0.3 is 14.9 Å². The highest BCUT2D eigenvalue weighted by Crippen LogP contribution is 2.10. The molecule has 0 radical (unpaired) electrons. The number of hydrogen-bond donors (Lipinski definition) is 1. The minimum Gasteiger partial charge on any atom is -0.481 e. The lowest BCUT2D eigenvalue weighted by Crippen LogP contribution is -2.33. The lowest BCUT2D eigenvalue weighted by Gasteiger charge is -2.20. The molecule has 0 spiro atoms. The molecule has 1 rings (SSSR count). The molecule has 21 heavy (non-hydrogen) atoms. The van der Waals surface area contributed by atoms with E-state index in [4.69, 9.17) is 5.11 Å². The molecule has 0 aliphatic carbocycles. The van der Waals surface area contributed by atoms with Gasteiger partial charge in [-0.2, -0.15) is 0 Å². The molecule has 0 heterocycles. The molecule has 0 bridgehead atoms. The van der Waals surface area contributed by atoms with Crippen LogP contribution in [0.2, 0.25) is 0 Å². The molecule has 0 fully saturated rings. The maximum absolute atomic E-state index is 12.3. The molecule has 0 saturated carbocycles. The van der Waals surface area contributed by atoms with Crippen LogP contribution in [-0.2, 0) is 4.79 Å². The molecule has 6 nitrogen and oxygen atoms in total. The number of nitrogens with zero attached hydrogens (tertiary/aromatic N) is 2. The van der Waals surface area contributed by atoms with E-state index >= 15 is 0 Å². The molecular weight excluding hydrogens is 272 g/mol. The van der Waals surface area contributed by atoms with E-state index < -0.39 is 5.97 Å². The first-order valence-corrected chi connectivity index (χ1v) is 6.69.